The van der Waals surface area contributed by atoms with Gasteiger partial charge in [-0.2, -0.15) is 0 Å². The average Bonchev–Trinajstić information content (AvgIpc) is 2.11. The molecule has 0 saturated carbocycles. The van der Waals surface area contributed by atoms with Crippen LogP contribution in [0.3, 0.4) is 0 Å². The van der Waals surface area contributed by atoms with Gasteiger partial charge in [0.1, 0.15) is 0 Å². The van der Waals surface area contributed by atoms with Gasteiger partial charge in [0.15, 0.2) is 0 Å². The Morgan fingerprint density at radius 1 is 1.50 bits per heavy atom. The van der Waals surface area contributed by atoms with Gasteiger partial charge in [-0.15, -0.1) is 0 Å². The Labute approximate surface area is 83.9 Å². The van der Waals surface area contributed by atoms with E-state index in [1.807, 2.05) is 11.8 Å². The molecule has 5 heteroatoms. The summed E-state index contributed by atoms with van der Waals surface area (Å²) >= 11 is 0. The summed E-state index contributed by atoms with van der Waals surface area (Å²) in [6.45, 7) is 5.29. The number of carbonyl (C=O) groups excluding carboxylic acids is 1. The highest BCUT2D eigenvalue weighted by Crippen LogP contribution is 2.00. The molecule has 0 aliphatic carbocycles. The first-order valence-corrected chi connectivity index (χ1v) is 4.70. The Bertz CT molecular complexity index is 206. The third-order valence-corrected chi connectivity index (χ3v) is 2.08. The van der Waals surface area contributed by atoms with Crippen molar-refractivity contribution in [2.45, 2.75) is 20.3 Å². The van der Waals surface area contributed by atoms with Crippen LogP contribution in [0.5, 0.6) is 0 Å². The molecule has 0 radical (unpaired) electrons. The Balaban J connectivity index is 3.90. The summed E-state index contributed by atoms with van der Waals surface area (Å²) in [6, 6.07) is 0. The van der Waals surface area contributed by atoms with Crippen molar-refractivity contribution in [3.8, 4) is 0 Å². The molecule has 0 heterocycles. The first-order chi connectivity index (χ1) is 6.47. The van der Waals surface area contributed by atoms with E-state index in [4.69, 9.17) is 10.8 Å². The first kappa shape index (κ1) is 12.9. The smallest absolute Gasteiger partial charge is 0.307 e. The number of carbonyl (C=O) groups is 2. The number of nitrogens with zero attached hydrogens (tertiary/aromatic N) is 1. The maximum absolute atomic E-state index is 10.6. The predicted octanol–water partition coefficient (Wildman–Crippen LogP) is -0.0956. The van der Waals surface area contributed by atoms with Crippen LogP contribution in [0.4, 0.5) is 0 Å². The maximum atomic E-state index is 10.6. The van der Waals surface area contributed by atoms with Crippen molar-refractivity contribution in [2.75, 3.05) is 19.6 Å². The Kier molecular flexibility index (Phi) is 5.87. The van der Waals surface area contributed by atoms with Crippen molar-refractivity contribution in [1.82, 2.24) is 4.90 Å². The molecule has 1 atom stereocenters. The predicted molar refractivity (Wildman–Crippen MR) is 52.7 cm³/mol. The van der Waals surface area contributed by atoms with Crippen LogP contribution in [0.25, 0.3) is 0 Å². The molecule has 0 bridgehead atoms. The minimum Gasteiger partial charge on any atom is -0.481 e. The van der Waals surface area contributed by atoms with Crippen molar-refractivity contribution in [3.63, 3.8) is 0 Å². The molecule has 0 saturated heterocycles. The van der Waals surface area contributed by atoms with Gasteiger partial charge in [-0.25, -0.2) is 0 Å². The summed E-state index contributed by atoms with van der Waals surface area (Å²) in [5, 5.41) is 8.69. The van der Waals surface area contributed by atoms with Gasteiger partial charge in [0.25, 0.3) is 0 Å². The lowest BCUT2D eigenvalue weighted by molar-refractivity contribution is -0.141. The lowest BCUT2D eigenvalue weighted by Crippen LogP contribution is -2.34. The van der Waals surface area contributed by atoms with E-state index in [2.05, 4.69) is 0 Å². The summed E-state index contributed by atoms with van der Waals surface area (Å²) in [6.07, 6.45) is 0.278. The summed E-state index contributed by atoms with van der Waals surface area (Å²) in [5.74, 6) is -1.59. The zero-order valence-electron chi connectivity index (χ0n) is 8.69. The summed E-state index contributed by atoms with van der Waals surface area (Å²) in [4.78, 5) is 23.0. The van der Waals surface area contributed by atoms with Gasteiger partial charge in [-0.3, -0.25) is 9.59 Å². The van der Waals surface area contributed by atoms with Crippen LogP contribution in [-0.2, 0) is 9.59 Å². The topological polar surface area (TPSA) is 83.6 Å². The number of hydrogen-bond donors (Lipinski definition) is 2. The number of carboxylic acids is 1. The second kappa shape index (κ2) is 6.37. The zero-order chi connectivity index (χ0) is 11.1. The SMILES string of the molecule is CCN(CCC(N)=O)CC(C)C(=O)O. The Morgan fingerprint density at radius 2 is 2.07 bits per heavy atom. The summed E-state index contributed by atoms with van der Waals surface area (Å²) < 4.78 is 0. The van der Waals surface area contributed by atoms with Crippen molar-refractivity contribution >= 4 is 11.9 Å². The maximum Gasteiger partial charge on any atom is 0.307 e. The molecule has 3 N–H and O–H groups in total. The van der Waals surface area contributed by atoms with E-state index < -0.39 is 11.9 Å². The molecule has 5 nitrogen and oxygen atoms in total. The summed E-state index contributed by atoms with van der Waals surface area (Å²) in [7, 11) is 0. The van der Waals surface area contributed by atoms with Gasteiger partial charge in [-0.05, 0) is 6.54 Å². The number of hydrogen-bond acceptors (Lipinski definition) is 3. The minimum atomic E-state index is -0.817. The van der Waals surface area contributed by atoms with Gasteiger partial charge < -0.3 is 15.7 Å². The van der Waals surface area contributed by atoms with Gasteiger partial charge in [0.05, 0.1) is 5.92 Å². The molecule has 0 aromatic carbocycles. The van der Waals surface area contributed by atoms with Crippen molar-refractivity contribution in [2.24, 2.45) is 11.7 Å². The third-order valence-electron chi connectivity index (χ3n) is 2.08. The third kappa shape index (κ3) is 5.53. The second-order valence-corrected chi connectivity index (χ2v) is 3.35. The number of rotatable bonds is 7. The Hall–Kier alpha value is -1.10. The number of nitrogens with two attached hydrogens (primary N) is 1. The highest BCUT2D eigenvalue weighted by Gasteiger charge is 2.15. The molecule has 0 aliphatic heterocycles. The highest BCUT2D eigenvalue weighted by atomic mass is 16.4. The lowest BCUT2D eigenvalue weighted by Gasteiger charge is -2.21. The van der Waals surface area contributed by atoms with Crippen LogP contribution < -0.4 is 5.73 Å². The van der Waals surface area contributed by atoms with Gasteiger partial charge >= 0.3 is 5.97 Å². The number of amides is 1. The van der Waals surface area contributed by atoms with E-state index in [1.165, 1.54) is 0 Å². The van der Waals surface area contributed by atoms with Crippen LogP contribution in [0.15, 0.2) is 0 Å². The molecule has 0 aliphatic rings. The number of carboxylic acid groups (broad SMARTS) is 1. The minimum absolute atomic E-state index is 0.278. The summed E-state index contributed by atoms with van der Waals surface area (Å²) in [5.41, 5.74) is 5.00. The largest absolute Gasteiger partial charge is 0.481 e. The normalized spacial score (nSPS) is 12.8. The lowest BCUT2D eigenvalue weighted by atomic mass is 10.1. The van der Waals surface area contributed by atoms with E-state index in [0.717, 1.165) is 6.54 Å². The molecule has 1 amide bonds. The molecule has 0 fully saturated rings. The molecule has 0 aromatic rings. The van der Waals surface area contributed by atoms with Gasteiger partial charge in [-0.1, -0.05) is 13.8 Å². The second-order valence-electron chi connectivity index (χ2n) is 3.35. The fraction of sp³-hybridized carbons (Fsp3) is 0.778. The molecule has 0 aromatic heterocycles. The standard InChI is InChI=1S/C9H18N2O3/c1-3-11(5-4-8(10)12)6-7(2)9(13)14/h7H,3-6H2,1-2H3,(H2,10,12)(H,13,14). The quantitative estimate of drug-likeness (QED) is 0.604. The van der Waals surface area contributed by atoms with Crippen LogP contribution >= 0.6 is 0 Å². The number of aliphatic carboxylic acids is 1. The zero-order valence-corrected chi connectivity index (χ0v) is 8.69. The molecule has 82 valence electrons. The average molecular weight is 202 g/mol. The first-order valence-electron chi connectivity index (χ1n) is 4.70. The monoisotopic (exact) mass is 202 g/mol. The van der Waals surface area contributed by atoms with Crippen LogP contribution in [0.2, 0.25) is 0 Å². The molecule has 1 unspecified atom stereocenters. The van der Waals surface area contributed by atoms with E-state index in [1.54, 1.807) is 6.92 Å². The molecular weight excluding hydrogens is 184 g/mol. The van der Waals surface area contributed by atoms with E-state index in [9.17, 15) is 9.59 Å². The van der Waals surface area contributed by atoms with Crippen LogP contribution in [-0.4, -0.2) is 41.5 Å². The van der Waals surface area contributed by atoms with Crippen LogP contribution in [0.1, 0.15) is 20.3 Å². The van der Waals surface area contributed by atoms with E-state index in [-0.39, 0.29) is 12.3 Å². The molecule has 0 spiro atoms. The van der Waals surface area contributed by atoms with Crippen molar-refractivity contribution in [1.29, 1.82) is 0 Å². The highest BCUT2D eigenvalue weighted by molar-refractivity contribution is 5.73. The van der Waals surface area contributed by atoms with E-state index >= 15 is 0 Å². The molecular formula is C9H18N2O3. The molecule has 14 heavy (non-hydrogen) atoms. The van der Waals surface area contributed by atoms with Crippen LogP contribution in [0, 0.1) is 5.92 Å². The van der Waals surface area contributed by atoms with E-state index in [0.29, 0.717) is 13.1 Å². The van der Waals surface area contributed by atoms with Gasteiger partial charge in [0, 0.05) is 19.5 Å². The number of primary amides is 1. The van der Waals surface area contributed by atoms with Crippen molar-refractivity contribution in [3.05, 3.63) is 0 Å². The molecule has 0 rings (SSSR count). The fourth-order valence-electron chi connectivity index (χ4n) is 1.11. The Morgan fingerprint density at radius 3 is 2.43 bits per heavy atom. The van der Waals surface area contributed by atoms with Gasteiger partial charge in [0.2, 0.25) is 5.91 Å². The fourth-order valence-corrected chi connectivity index (χ4v) is 1.11. The van der Waals surface area contributed by atoms with Crippen molar-refractivity contribution < 1.29 is 14.7 Å².